The molecule has 0 aliphatic rings. The SMILES string of the molecule is CC(=O)c1c(C)nc(SCc2ccccc2)c(C#N)c1N. The lowest BCUT2D eigenvalue weighted by atomic mass is 10.1. The molecule has 106 valence electrons. The van der Waals surface area contributed by atoms with E-state index in [1.807, 2.05) is 30.3 Å². The molecule has 0 spiro atoms. The predicted molar refractivity (Wildman–Crippen MR) is 84.1 cm³/mol. The summed E-state index contributed by atoms with van der Waals surface area (Å²) in [6.07, 6.45) is 0. The van der Waals surface area contributed by atoms with Crippen molar-refractivity contribution >= 4 is 23.2 Å². The Labute approximate surface area is 128 Å². The number of thioether (sulfide) groups is 1. The molecular weight excluding hydrogens is 282 g/mol. The maximum Gasteiger partial charge on any atom is 0.163 e. The Hall–Kier alpha value is -2.32. The van der Waals surface area contributed by atoms with Crippen molar-refractivity contribution in [2.45, 2.75) is 24.6 Å². The third kappa shape index (κ3) is 3.23. The fourth-order valence-electron chi connectivity index (χ4n) is 2.08. The lowest BCUT2D eigenvalue weighted by Gasteiger charge is -2.11. The van der Waals surface area contributed by atoms with Gasteiger partial charge in [0.05, 0.1) is 16.9 Å². The number of hydrogen-bond acceptors (Lipinski definition) is 5. The molecule has 0 amide bonds. The van der Waals surface area contributed by atoms with Gasteiger partial charge >= 0.3 is 0 Å². The number of hydrogen-bond donors (Lipinski definition) is 1. The second-order valence-corrected chi connectivity index (χ2v) is 5.57. The van der Waals surface area contributed by atoms with E-state index in [2.05, 4.69) is 11.1 Å². The van der Waals surface area contributed by atoms with Gasteiger partial charge in [-0.25, -0.2) is 4.98 Å². The minimum atomic E-state index is -0.173. The highest BCUT2D eigenvalue weighted by atomic mass is 32.2. The van der Waals surface area contributed by atoms with Crippen molar-refractivity contribution in [3.8, 4) is 6.07 Å². The van der Waals surface area contributed by atoms with Crippen LogP contribution < -0.4 is 5.73 Å². The molecule has 21 heavy (non-hydrogen) atoms. The Balaban J connectivity index is 2.36. The van der Waals surface area contributed by atoms with E-state index in [4.69, 9.17) is 5.73 Å². The van der Waals surface area contributed by atoms with E-state index in [0.29, 0.717) is 22.0 Å². The molecule has 0 atom stereocenters. The number of pyridine rings is 1. The smallest absolute Gasteiger partial charge is 0.163 e. The largest absolute Gasteiger partial charge is 0.397 e. The Morgan fingerprint density at radius 3 is 2.62 bits per heavy atom. The first-order chi connectivity index (χ1) is 10.0. The van der Waals surface area contributed by atoms with E-state index in [-0.39, 0.29) is 17.0 Å². The number of anilines is 1. The first-order valence-corrected chi connectivity index (χ1v) is 7.41. The molecule has 0 unspecified atom stereocenters. The number of rotatable bonds is 4. The molecule has 1 aromatic heterocycles. The van der Waals surface area contributed by atoms with Crippen LogP contribution in [0.3, 0.4) is 0 Å². The number of carbonyl (C=O) groups excluding carboxylic acids is 1. The van der Waals surface area contributed by atoms with Gasteiger partial charge in [-0.2, -0.15) is 5.26 Å². The minimum Gasteiger partial charge on any atom is -0.397 e. The minimum absolute atomic E-state index is 0.173. The molecule has 5 heteroatoms. The molecule has 0 bridgehead atoms. The fraction of sp³-hybridized carbons (Fsp3) is 0.188. The van der Waals surface area contributed by atoms with Crippen LogP contribution in [0.15, 0.2) is 35.4 Å². The number of Topliss-reactive ketones (excluding diaryl/α,β-unsaturated/α-hetero) is 1. The molecule has 2 N–H and O–H groups in total. The quantitative estimate of drug-likeness (QED) is 0.691. The van der Waals surface area contributed by atoms with Gasteiger partial charge in [0.15, 0.2) is 5.78 Å². The first-order valence-electron chi connectivity index (χ1n) is 6.42. The zero-order valence-electron chi connectivity index (χ0n) is 11.9. The monoisotopic (exact) mass is 297 g/mol. The van der Waals surface area contributed by atoms with Crippen molar-refractivity contribution < 1.29 is 4.79 Å². The number of ketones is 1. The summed E-state index contributed by atoms with van der Waals surface area (Å²) in [5.74, 6) is 0.523. The molecule has 1 heterocycles. The highest BCUT2D eigenvalue weighted by Crippen LogP contribution is 2.31. The van der Waals surface area contributed by atoms with E-state index in [0.717, 1.165) is 5.56 Å². The summed E-state index contributed by atoms with van der Waals surface area (Å²) in [6.45, 7) is 3.17. The molecule has 0 saturated heterocycles. The van der Waals surface area contributed by atoms with Crippen LogP contribution >= 0.6 is 11.8 Å². The second kappa shape index (κ2) is 6.42. The summed E-state index contributed by atoms with van der Waals surface area (Å²) in [6, 6.07) is 12.0. The van der Waals surface area contributed by atoms with Crippen LogP contribution in [0.2, 0.25) is 0 Å². The average Bonchev–Trinajstić information content (AvgIpc) is 2.45. The van der Waals surface area contributed by atoms with Gasteiger partial charge in [0.1, 0.15) is 16.7 Å². The summed E-state index contributed by atoms with van der Waals surface area (Å²) < 4.78 is 0. The molecule has 2 aromatic rings. The van der Waals surface area contributed by atoms with Gasteiger partial charge in [0.2, 0.25) is 0 Å². The maximum absolute atomic E-state index is 11.6. The summed E-state index contributed by atoms with van der Waals surface area (Å²) >= 11 is 1.45. The zero-order valence-corrected chi connectivity index (χ0v) is 12.7. The van der Waals surface area contributed by atoms with Crippen molar-refractivity contribution in [1.29, 1.82) is 5.26 Å². The number of carbonyl (C=O) groups is 1. The molecule has 4 nitrogen and oxygen atoms in total. The van der Waals surface area contributed by atoms with Gasteiger partial charge in [-0.15, -0.1) is 11.8 Å². The zero-order chi connectivity index (χ0) is 15.4. The van der Waals surface area contributed by atoms with E-state index in [1.54, 1.807) is 6.92 Å². The van der Waals surface area contributed by atoms with E-state index in [9.17, 15) is 10.1 Å². The lowest BCUT2D eigenvalue weighted by molar-refractivity contribution is 0.101. The Morgan fingerprint density at radius 1 is 1.38 bits per heavy atom. The van der Waals surface area contributed by atoms with E-state index >= 15 is 0 Å². The third-order valence-corrected chi connectivity index (χ3v) is 4.11. The molecule has 0 aliphatic carbocycles. The van der Waals surface area contributed by atoms with Crippen LogP contribution in [0.5, 0.6) is 0 Å². The number of aryl methyl sites for hydroxylation is 1. The van der Waals surface area contributed by atoms with Gasteiger partial charge in [-0.1, -0.05) is 30.3 Å². The van der Waals surface area contributed by atoms with Gasteiger partial charge in [-0.05, 0) is 19.4 Å². The van der Waals surface area contributed by atoms with E-state index in [1.165, 1.54) is 18.7 Å². The first kappa shape index (κ1) is 15.1. The normalized spacial score (nSPS) is 10.1. The molecule has 0 fully saturated rings. The maximum atomic E-state index is 11.6. The number of nitriles is 1. The van der Waals surface area contributed by atoms with Gasteiger partial charge < -0.3 is 5.73 Å². The van der Waals surface area contributed by atoms with Crippen molar-refractivity contribution in [1.82, 2.24) is 4.98 Å². The molecular formula is C16H15N3OS. The van der Waals surface area contributed by atoms with Crippen LogP contribution in [0, 0.1) is 18.3 Å². The van der Waals surface area contributed by atoms with Gasteiger partial charge in [-0.3, -0.25) is 4.79 Å². The molecule has 0 radical (unpaired) electrons. The van der Waals surface area contributed by atoms with E-state index < -0.39 is 0 Å². The number of nitrogens with two attached hydrogens (primary N) is 1. The Morgan fingerprint density at radius 2 is 2.05 bits per heavy atom. The highest BCUT2D eigenvalue weighted by molar-refractivity contribution is 7.98. The topological polar surface area (TPSA) is 79.8 Å². The summed E-state index contributed by atoms with van der Waals surface area (Å²) in [4.78, 5) is 16.0. The van der Waals surface area contributed by atoms with Crippen LogP contribution in [0.4, 0.5) is 5.69 Å². The van der Waals surface area contributed by atoms with Crippen molar-refractivity contribution in [3.63, 3.8) is 0 Å². The number of benzene rings is 1. The highest BCUT2D eigenvalue weighted by Gasteiger charge is 2.18. The average molecular weight is 297 g/mol. The molecule has 1 aromatic carbocycles. The number of nitrogen functional groups attached to an aromatic ring is 1. The summed E-state index contributed by atoms with van der Waals surface area (Å²) in [5.41, 5.74) is 8.53. The van der Waals surface area contributed by atoms with Crippen LogP contribution in [0.25, 0.3) is 0 Å². The van der Waals surface area contributed by atoms with Crippen LogP contribution in [-0.4, -0.2) is 10.8 Å². The van der Waals surface area contributed by atoms with Crippen molar-refractivity contribution in [3.05, 3.63) is 52.7 Å². The number of aromatic nitrogens is 1. The van der Waals surface area contributed by atoms with Crippen LogP contribution in [-0.2, 0) is 5.75 Å². The Bertz CT molecular complexity index is 721. The number of nitrogens with zero attached hydrogens (tertiary/aromatic N) is 2. The Kier molecular flexibility index (Phi) is 4.61. The van der Waals surface area contributed by atoms with Gasteiger partial charge in [0, 0.05) is 5.75 Å². The third-order valence-electron chi connectivity index (χ3n) is 3.07. The molecule has 0 saturated carbocycles. The molecule has 0 aliphatic heterocycles. The second-order valence-electron chi connectivity index (χ2n) is 4.61. The van der Waals surface area contributed by atoms with Crippen molar-refractivity contribution in [2.24, 2.45) is 0 Å². The van der Waals surface area contributed by atoms with Crippen LogP contribution in [0.1, 0.15) is 34.1 Å². The fourth-order valence-corrected chi connectivity index (χ4v) is 3.08. The summed E-state index contributed by atoms with van der Waals surface area (Å²) in [5, 5.41) is 9.87. The van der Waals surface area contributed by atoms with Crippen molar-refractivity contribution in [2.75, 3.05) is 5.73 Å². The lowest BCUT2D eigenvalue weighted by Crippen LogP contribution is -2.08. The predicted octanol–water partition coefficient (Wildman–Crippen LogP) is 3.34. The standard InChI is InChI=1S/C16H15N3OS/c1-10-14(11(2)20)15(18)13(8-17)16(19-10)21-9-12-6-4-3-5-7-12/h3-7H,9H2,1-2H3,(H2,18,19). The molecule has 2 rings (SSSR count). The summed E-state index contributed by atoms with van der Waals surface area (Å²) in [7, 11) is 0. The van der Waals surface area contributed by atoms with Gasteiger partial charge in [0.25, 0.3) is 0 Å².